The van der Waals surface area contributed by atoms with Gasteiger partial charge in [0.1, 0.15) is 17.3 Å². The molecule has 124 valence electrons. The van der Waals surface area contributed by atoms with E-state index >= 15 is 0 Å². The molecule has 2 heterocycles. The van der Waals surface area contributed by atoms with Gasteiger partial charge in [-0.3, -0.25) is 4.79 Å². The molecule has 1 aromatic heterocycles. The van der Waals surface area contributed by atoms with E-state index in [-0.39, 0.29) is 11.5 Å². The molecule has 3 nitrogen and oxygen atoms in total. The largest absolute Gasteiger partial charge is 0.457 e. The van der Waals surface area contributed by atoms with Gasteiger partial charge in [-0.1, -0.05) is 23.7 Å². The molecule has 0 saturated heterocycles. The number of carbonyl (C=O) groups excluding carboxylic acids is 1. The van der Waals surface area contributed by atoms with E-state index in [1.807, 2.05) is 56.3 Å². The second-order valence-electron chi connectivity index (χ2n) is 6.08. The Hall–Kier alpha value is -2.78. The van der Waals surface area contributed by atoms with Gasteiger partial charge >= 0.3 is 0 Å². The summed E-state index contributed by atoms with van der Waals surface area (Å²) in [6, 6.07) is 14.8. The third-order valence-electron chi connectivity index (χ3n) is 4.29. The Labute approximate surface area is 150 Å². The van der Waals surface area contributed by atoms with Crippen molar-refractivity contribution in [1.29, 1.82) is 0 Å². The van der Waals surface area contributed by atoms with Gasteiger partial charge in [0.2, 0.25) is 5.78 Å². The van der Waals surface area contributed by atoms with Crippen LogP contribution in [0, 0.1) is 13.8 Å². The van der Waals surface area contributed by atoms with E-state index in [0.717, 1.165) is 16.7 Å². The molecule has 0 radical (unpaired) electrons. The summed E-state index contributed by atoms with van der Waals surface area (Å²) in [6.07, 6.45) is 1.63. The predicted molar refractivity (Wildman–Crippen MR) is 98.0 cm³/mol. The van der Waals surface area contributed by atoms with Crippen LogP contribution in [-0.2, 0) is 0 Å². The number of ether oxygens (including phenoxy) is 1. The standard InChI is InChI=1S/C21H15ClO3/c1-12-8-17-19(9-13(12)2)25-20(21(17)23)11-16-6-7-18(24-16)14-4-3-5-15(22)10-14/h3-11H,1-2H3/b20-11-. The van der Waals surface area contributed by atoms with E-state index in [9.17, 15) is 4.79 Å². The normalized spacial score (nSPS) is 14.7. The first-order chi connectivity index (χ1) is 12.0. The monoisotopic (exact) mass is 350 g/mol. The Morgan fingerprint density at radius 3 is 2.60 bits per heavy atom. The van der Waals surface area contributed by atoms with Crippen molar-refractivity contribution in [2.24, 2.45) is 0 Å². The Morgan fingerprint density at radius 1 is 1.00 bits per heavy atom. The fourth-order valence-corrected chi connectivity index (χ4v) is 2.99. The smallest absolute Gasteiger partial charge is 0.232 e. The van der Waals surface area contributed by atoms with Crippen LogP contribution in [0.4, 0.5) is 0 Å². The highest BCUT2D eigenvalue weighted by Gasteiger charge is 2.28. The summed E-state index contributed by atoms with van der Waals surface area (Å²) in [6.45, 7) is 3.98. The van der Waals surface area contributed by atoms with Gasteiger partial charge in [0.05, 0.1) is 5.56 Å². The van der Waals surface area contributed by atoms with E-state index in [0.29, 0.717) is 27.9 Å². The highest BCUT2D eigenvalue weighted by Crippen LogP contribution is 2.34. The number of rotatable bonds is 2. The maximum Gasteiger partial charge on any atom is 0.232 e. The highest BCUT2D eigenvalue weighted by molar-refractivity contribution is 6.30. The molecule has 0 spiro atoms. The Kier molecular flexibility index (Phi) is 3.74. The number of benzene rings is 2. The van der Waals surface area contributed by atoms with E-state index < -0.39 is 0 Å². The van der Waals surface area contributed by atoms with Crippen molar-refractivity contribution in [3.63, 3.8) is 0 Å². The zero-order chi connectivity index (χ0) is 17.6. The number of carbonyl (C=O) groups is 1. The van der Waals surface area contributed by atoms with E-state index in [1.54, 1.807) is 12.1 Å². The number of aryl methyl sites for hydroxylation is 2. The maximum atomic E-state index is 12.5. The van der Waals surface area contributed by atoms with Crippen LogP contribution in [0.5, 0.6) is 5.75 Å². The second-order valence-corrected chi connectivity index (χ2v) is 6.52. The van der Waals surface area contributed by atoms with Crippen molar-refractivity contribution in [3.05, 3.63) is 81.8 Å². The van der Waals surface area contributed by atoms with Crippen molar-refractivity contribution in [2.75, 3.05) is 0 Å². The Bertz CT molecular complexity index is 1030. The van der Waals surface area contributed by atoms with Gasteiger partial charge in [-0.25, -0.2) is 0 Å². The molecular formula is C21H15ClO3. The van der Waals surface area contributed by atoms with Crippen LogP contribution in [0.25, 0.3) is 17.4 Å². The summed E-state index contributed by atoms with van der Waals surface area (Å²) in [4.78, 5) is 12.5. The minimum absolute atomic E-state index is 0.126. The molecule has 0 fully saturated rings. The highest BCUT2D eigenvalue weighted by atomic mass is 35.5. The SMILES string of the molecule is Cc1cc2c(cc1C)C(=O)/C(=C/c1ccc(-c3cccc(Cl)c3)o1)O2. The molecule has 1 aliphatic rings. The number of Topliss-reactive ketones (excluding diaryl/α,β-unsaturated/α-hetero) is 1. The van der Waals surface area contributed by atoms with Gasteiger partial charge in [-0.15, -0.1) is 0 Å². The van der Waals surface area contributed by atoms with Crippen molar-refractivity contribution < 1.29 is 13.9 Å². The molecule has 25 heavy (non-hydrogen) atoms. The maximum absolute atomic E-state index is 12.5. The predicted octanol–water partition coefficient (Wildman–Crippen LogP) is 5.83. The summed E-state index contributed by atoms with van der Waals surface area (Å²) in [7, 11) is 0. The molecule has 4 rings (SSSR count). The number of ketones is 1. The van der Waals surface area contributed by atoms with E-state index in [4.69, 9.17) is 20.8 Å². The average molecular weight is 351 g/mol. The van der Waals surface area contributed by atoms with E-state index in [2.05, 4.69) is 0 Å². The molecule has 4 heteroatoms. The van der Waals surface area contributed by atoms with Gasteiger partial charge < -0.3 is 9.15 Å². The average Bonchev–Trinajstić information content (AvgIpc) is 3.15. The number of hydrogen-bond donors (Lipinski definition) is 0. The number of allylic oxidation sites excluding steroid dienone is 1. The molecule has 0 bridgehead atoms. The van der Waals surface area contributed by atoms with Crippen molar-refractivity contribution in [2.45, 2.75) is 13.8 Å². The van der Waals surface area contributed by atoms with Gasteiger partial charge in [-0.05, 0) is 61.4 Å². The number of hydrogen-bond acceptors (Lipinski definition) is 3. The van der Waals surface area contributed by atoms with E-state index in [1.165, 1.54) is 0 Å². The minimum atomic E-state index is -0.126. The van der Waals surface area contributed by atoms with Crippen molar-refractivity contribution in [1.82, 2.24) is 0 Å². The van der Waals surface area contributed by atoms with Crippen LogP contribution in [0.3, 0.4) is 0 Å². The third-order valence-corrected chi connectivity index (χ3v) is 4.53. The van der Waals surface area contributed by atoms with Crippen molar-refractivity contribution in [3.8, 4) is 17.1 Å². The summed E-state index contributed by atoms with van der Waals surface area (Å²) in [5.41, 5.74) is 3.63. The second kappa shape index (κ2) is 5.94. The van der Waals surface area contributed by atoms with Crippen LogP contribution in [0.1, 0.15) is 27.2 Å². The molecule has 0 N–H and O–H groups in total. The first-order valence-corrected chi connectivity index (χ1v) is 8.30. The topological polar surface area (TPSA) is 39.4 Å². The lowest BCUT2D eigenvalue weighted by Gasteiger charge is -2.02. The fourth-order valence-electron chi connectivity index (χ4n) is 2.80. The van der Waals surface area contributed by atoms with Crippen molar-refractivity contribution >= 4 is 23.5 Å². The van der Waals surface area contributed by atoms with Gasteiger partial charge in [0, 0.05) is 16.7 Å². The molecule has 0 aliphatic carbocycles. The summed E-state index contributed by atoms with van der Waals surface area (Å²) >= 11 is 6.02. The summed E-state index contributed by atoms with van der Waals surface area (Å²) in [5, 5.41) is 0.643. The molecule has 1 aliphatic heterocycles. The van der Waals surface area contributed by atoms with Gasteiger partial charge in [-0.2, -0.15) is 0 Å². The van der Waals surface area contributed by atoms with Gasteiger partial charge in [0.15, 0.2) is 5.76 Å². The molecular weight excluding hydrogens is 336 g/mol. The Balaban J connectivity index is 1.66. The lowest BCUT2D eigenvalue weighted by Crippen LogP contribution is -1.97. The van der Waals surface area contributed by atoms with Crippen LogP contribution in [-0.4, -0.2) is 5.78 Å². The molecule has 0 atom stereocenters. The number of halogens is 1. The molecule has 2 aromatic carbocycles. The summed E-state index contributed by atoms with van der Waals surface area (Å²) < 4.78 is 11.5. The fraction of sp³-hybridized carbons (Fsp3) is 0.0952. The number of fused-ring (bicyclic) bond motifs is 1. The molecule has 3 aromatic rings. The molecule has 0 amide bonds. The van der Waals surface area contributed by atoms with Crippen LogP contribution in [0.15, 0.2) is 58.7 Å². The lowest BCUT2D eigenvalue weighted by molar-refractivity contribution is 0.101. The third kappa shape index (κ3) is 2.87. The number of furan rings is 1. The quantitative estimate of drug-likeness (QED) is 0.545. The van der Waals surface area contributed by atoms with Crippen LogP contribution < -0.4 is 4.74 Å². The molecule has 0 unspecified atom stereocenters. The van der Waals surface area contributed by atoms with Crippen LogP contribution >= 0.6 is 11.6 Å². The lowest BCUT2D eigenvalue weighted by atomic mass is 10.0. The summed E-state index contributed by atoms with van der Waals surface area (Å²) in [5.74, 6) is 1.98. The Morgan fingerprint density at radius 2 is 1.80 bits per heavy atom. The molecule has 0 saturated carbocycles. The zero-order valence-corrected chi connectivity index (χ0v) is 14.6. The minimum Gasteiger partial charge on any atom is -0.457 e. The van der Waals surface area contributed by atoms with Gasteiger partial charge in [0.25, 0.3) is 0 Å². The first kappa shape index (κ1) is 15.7. The first-order valence-electron chi connectivity index (χ1n) is 7.92. The zero-order valence-electron chi connectivity index (χ0n) is 13.8. The van der Waals surface area contributed by atoms with Crippen LogP contribution in [0.2, 0.25) is 5.02 Å².